The molecule has 0 fully saturated rings. The standard InChI is InChI=1S/C12H13BrS/c1-7(2)9-4-5-11-10(6-9)12(13)8(3)14-11/h4-7H,1-3H3. The molecule has 14 heavy (non-hydrogen) atoms. The molecule has 2 aromatic rings. The monoisotopic (exact) mass is 268 g/mol. The lowest BCUT2D eigenvalue weighted by Gasteiger charge is -2.04. The predicted molar refractivity (Wildman–Crippen MR) is 68.4 cm³/mol. The number of thiophene rings is 1. The second kappa shape index (κ2) is 3.67. The summed E-state index contributed by atoms with van der Waals surface area (Å²) in [7, 11) is 0. The molecule has 0 saturated heterocycles. The highest BCUT2D eigenvalue weighted by Gasteiger charge is 2.07. The van der Waals surface area contributed by atoms with E-state index < -0.39 is 0 Å². The summed E-state index contributed by atoms with van der Waals surface area (Å²) in [6, 6.07) is 6.76. The Bertz CT molecular complexity index is 468. The number of fused-ring (bicyclic) bond motifs is 1. The number of hydrogen-bond donors (Lipinski definition) is 0. The number of halogens is 1. The van der Waals surface area contributed by atoms with Crippen molar-refractivity contribution in [2.45, 2.75) is 26.7 Å². The number of benzene rings is 1. The molecule has 0 aliphatic carbocycles. The van der Waals surface area contributed by atoms with Crippen molar-refractivity contribution in [3.05, 3.63) is 33.1 Å². The molecule has 0 N–H and O–H groups in total. The van der Waals surface area contributed by atoms with Crippen LogP contribution in [0.4, 0.5) is 0 Å². The summed E-state index contributed by atoms with van der Waals surface area (Å²) < 4.78 is 2.64. The maximum absolute atomic E-state index is 3.64. The summed E-state index contributed by atoms with van der Waals surface area (Å²) in [6.07, 6.45) is 0. The van der Waals surface area contributed by atoms with Crippen LogP contribution in [0.15, 0.2) is 22.7 Å². The van der Waals surface area contributed by atoms with E-state index in [-0.39, 0.29) is 0 Å². The molecule has 0 nitrogen and oxygen atoms in total. The zero-order chi connectivity index (χ0) is 10.3. The Morgan fingerprint density at radius 3 is 2.64 bits per heavy atom. The van der Waals surface area contributed by atoms with Crippen LogP contribution in [0.5, 0.6) is 0 Å². The van der Waals surface area contributed by atoms with Crippen molar-refractivity contribution in [3.8, 4) is 0 Å². The van der Waals surface area contributed by atoms with Crippen molar-refractivity contribution < 1.29 is 0 Å². The van der Waals surface area contributed by atoms with E-state index in [1.165, 1.54) is 25.0 Å². The van der Waals surface area contributed by atoms with E-state index in [9.17, 15) is 0 Å². The Balaban J connectivity index is 2.69. The third-order valence-corrected chi connectivity index (χ3v) is 4.85. The van der Waals surface area contributed by atoms with Crippen LogP contribution >= 0.6 is 27.3 Å². The summed E-state index contributed by atoms with van der Waals surface area (Å²) >= 11 is 5.50. The molecule has 1 heterocycles. The maximum Gasteiger partial charge on any atom is 0.0390 e. The van der Waals surface area contributed by atoms with E-state index in [2.05, 4.69) is 54.9 Å². The number of rotatable bonds is 1. The van der Waals surface area contributed by atoms with E-state index >= 15 is 0 Å². The summed E-state index contributed by atoms with van der Waals surface area (Å²) in [6.45, 7) is 6.62. The molecule has 74 valence electrons. The molecule has 1 aromatic carbocycles. The largest absolute Gasteiger partial charge is 0.139 e. The quantitative estimate of drug-likeness (QED) is 0.676. The predicted octanol–water partition coefficient (Wildman–Crippen LogP) is 5.10. The van der Waals surface area contributed by atoms with Gasteiger partial charge < -0.3 is 0 Å². The first-order valence-corrected chi connectivity index (χ1v) is 6.39. The molecule has 0 spiro atoms. The molecule has 2 heteroatoms. The Morgan fingerprint density at radius 1 is 1.29 bits per heavy atom. The van der Waals surface area contributed by atoms with Crippen LogP contribution in [0.25, 0.3) is 10.1 Å². The van der Waals surface area contributed by atoms with Gasteiger partial charge in [0.05, 0.1) is 0 Å². The second-order valence-corrected chi connectivity index (χ2v) is 5.93. The molecular weight excluding hydrogens is 256 g/mol. The molecule has 0 unspecified atom stereocenters. The summed E-state index contributed by atoms with van der Waals surface area (Å²) in [4.78, 5) is 1.36. The molecule has 1 aromatic heterocycles. The highest BCUT2D eigenvalue weighted by molar-refractivity contribution is 9.10. The van der Waals surface area contributed by atoms with E-state index in [4.69, 9.17) is 0 Å². The molecule has 0 bridgehead atoms. The molecule has 0 aliphatic rings. The van der Waals surface area contributed by atoms with Crippen molar-refractivity contribution >= 4 is 37.4 Å². The van der Waals surface area contributed by atoms with E-state index in [0.717, 1.165) is 0 Å². The zero-order valence-electron chi connectivity index (χ0n) is 8.60. The van der Waals surface area contributed by atoms with Crippen molar-refractivity contribution in [1.82, 2.24) is 0 Å². The van der Waals surface area contributed by atoms with Crippen LogP contribution in [0.1, 0.15) is 30.2 Å². The molecule has 0 amide bonds. The van der Waals surface area contributed by atoms with Gasteiger partial charge in [0.15, 0.2) is 0 Å². The van der Waals surface area contributed by atoms with Gasteiger partial charge in [-0.3, -0.25) is 0 Å². The van der Waals surface area contributed by atoms with E-state index in [1.54, 1.807) is 0 Å². The fourth-order valence-corrected chi connectivity index (χ4v) is 3.21. The van der Waals surface area contributed by atoms with Gasteiger partial charge in [-0.1, -0.05) is 19.9 Å². The first kappa shape index (κ1) is 10.2. The van der Waals surface area contributed by atoms with Gasteiger partial charge in [0.2, 0.25) is 0 Å². The van der Waals surface area contributed by atoms with Gasteiger partial charge in [-0.05, 0) is 46.5 Å². The lowest BCUT2D eigenvalue weighted by molar-refractivity contribution is 0.869. The van der Waals surface area contributed by atoms with Crippen LogP contribution < -0.4 is 0 Å². The van der Waals surface area contributed by atoms with Crippen LogP contribution in [0.3, 0.4) is 0 Å². The summed E-state index contributed by atoms with van der Waals surface area (Å²) in [5.41, 5.74) is 1.41. The number of hydrogen-bond acceptors (Lipinski definition) is 1. The number of aryl methyl sites for hydroxylation is 1. The normalized spacial score (nSPS) is 11.5. The van der Waals surface area contributed by atoms with Gasteiger partial charge >= 0.3 is 0 Å². The lowest BCUT2D eigenvalue weighted by atomic mass is 10.0. The molecule has 0 radical (unpaired) electrons. The Labute approximate surface area is 97.1 Å². The summed E-state index contributed by atoms with van der Waals surface area (Å²) in [5.74, 6) is 0.603. The van der Waals surface area contributed by atoms with E-state index in [0.29, 0.717) is 5.92 Å². The average Bonchev–Trinajstić information content (AvgIpc) is 2.43. The van der Waals surface area contributed by atoms with Crippen molar-refractivity contribution in [3.63, 3.8) is 0 Å². The first-order chi connectivity index (χ1) is 6.59. The van der Waals surface area contributed by atoms with Gasteiger partial charge in [-0.2, -0.15) is 0 Å². The van der Waals surface area contributed by atoms with Gasteiger partial charge in [0, 0.05) is 19.4 Å². The van der Waals surface area contributed by atoms with Crippen molar-refractivity contribution in [1.29, 1.82) is 0 Å². The SMILES string of the molecule is Cc1sc2ccc(C(C)C)cc2c1Br. The van der Waals surface area contributed by atoms with Crippen LogP contribution in [-0.4, -0.2) is 0 Å². The minimum Gasteiger partial charge on any atom is -0.139 e. The highest BCUT2D eigenvalue weighted by atomic mass is 79.9. The van der Waals surface area contributed by atoms with Crippen molar-refractivity contribution in [2.24, 2.45) is 0 Å². The zero-order valence-corrected chi connectivity index (χ0v) is 11.0. The third kappa shape index (κ3) is 1.61. The molecule has 2 rings (SSSR count). The fourth-order valence-electron chi connectivity index (χ4n) is 1.57. The molecule has 0 atom stereocenters. The lowest BCUT2D eigenvalue weighted by Crippen LogP contribution is -1.85. The topological polar surface area (TPSA) is 0 Å². The molecule has 0 aliphatic heterocycles. The van der Waals surface area contributed by atoms with Crippen LogP contribution in [0.2, 0.25) is 0 Å². The minimum absolute atomic E-state index is 0.603. The Morgan fingerprint density at radius 2 is 2.00 bits per heavy atom. The first-order valence-electron chi connectivity index (χ1n) is 4.78. The Hall–Kier alpha value is -0.340. The van der Waals surface area contributed by atoms with E-state index in [1.807, 2.05) is 11.3 Å². The minimum atomic E-state index is 0.603. The fraction of sp³-hybridized carbons (Fsp3) is 0.333. The van der Waals surface area contributed by atoms with Crippen LogP contribution in [-0.2, 0) is 0 Å². The highest BCUT2D eigenvalue weighted by Crippen LogP contribution is 2.36. The van der Waals surface area contributed by atoms with Crippen molar-refractivity contribution in [2.75, 3.05) is 0 Å². The molecule has 0 saturated carbocycles. The van der Waals surface area contributed by atoms with Gasteiger partial charge in [0.1, 0.15) is 0 Å². The van der Waals surface area contributed by atoms with Crippen LogP contribution in [0, 0.1) is 6.92 Å². The molecular formula is C12H13BrS. The van der Waals surface area contributed by atoms with Gasteiger partial charge in [-0.15, -0.1) is 11.3 Å². The summed E-state index contributed by atoms with van der Waals surface area (Å²) in [5, 5.41) is 1.36. The van der Waals surface area contributed by atoms with Gasteiger partial charge in [-0.25, -0.2) is 0 Å². The third-order valence-electron chi connectivity index (χ3n) is 2.48. The second-order valence-electron chi connectivity index (χ2n) is 3.88. The smallest absolute Gasteiger partial charge is 0.0390 e. The Kier molecular flexibility index (Phi) is 2.67. The van der Waals surface area contributed by atoms with Gasteiger partial charge in [0.25, 0.3) is 0 Å². The maximum atomic E-state index is 3.64. The average molecular weight is 269 g/mol.